The van der Waals surface area contributed by atoms with Gasteiger partial charge in [0.15, 0.2) is 0 Å². The van der Waals surface area contributed by atoms with E-state index in [-0.39, 0.29) is 6.04 Å². The lowest BCUT2D eigenvalue weighted by Gasteiger charge is -2.25. The molecule has 0 amide bonds. The summed E-state index contributed by atoms with van der Waals surface area (Å²) >= 11 is 0. The fourth-order valence-electron chi connectivity index (χ4n) is 5.63. The van der Waals surface area contributed by atoms with Gasteiger partial charge in [-0.1, -0.05) is 127 Å². The van der Waals surface area contributed by atoms with Crippen molar-refractivity contribution in [3.05, 3.63) is 139 Å². The smallest absolute Gasteiger partial charge is 0.217 e. The van der Waals surface area contributed by atoms with E-state index in [0.29, 0.717) is 6.61 Å². The highest BCUT2D eigenvalue weighted by atomic mass is 31.1. The van der Waals surface area contributed by atoms with Crippen LogP contribution in [0.4, 0.5) is 0 Å². The average molecular weight is 522 g/mol. The zero-order chi connectivity index (χ0) is 26.2. The Kier molecular flexibility index (Phi) is 6.19. The molecule has 2 nitrogen and oxygen atoms in total. The van der Waals surface area contributed by atoms with Gasteiger partial charge in [-0.2, -0.15) is 0 Å². The van der Waals surface area contributed by atoms with E-state index in [1.165, 1.54) is 48.6 Å². The van der Waals surface area contributed by atoms with E-state index in [2.05, 4.69) is 140 Å². The molecule has 6 aromatic carbocycles. The first-order valence-corrected chi connectivity index (χ1v) is 14.8. The van der Waals surface area contributed by atoms with Gasteiger partial charge in [0.25, 0.3) is 0 Å². The summed E-state index contributed by atoms with van der Waals surface area (Å²) in [5.74, 6) is 0.742. The Hall–Kier alpha value is -4.26. The molecule has 3 heteroatoms. The summed E-state index contributed by atoms with van der Waals surface area (Å²) in [6.07, 6.45) is 0. The quantitative estimate of drug-likeness (QED) is 0.214. The molecule has 1 atom stereocenters. The Morgan fingerprint density at radius 1 is 0.590 bits per heavy atom. The summed E-state index contributed by atoms with van der Waals surface area (Å²) < 4.78 is 6.20. The molecule has 188 valence electrons. The van der Waals surface area contributed by atoms with Crippen LogP contribution in [0.5, 0.6) is 0 Å². The normalized spacial score (nSPS) is 15.0. The zero-order valence-electron chi connectivity index (χ0n) is 21.8. The molecule has 0 saturated carbocycles. The van der Waals surface area contributed by atoms with E-state index in [4.69, 9.17) is 9.73 Å². The number of hydrogen-bond acceptors (Lipinski definition) is 2. The molecule has 39 heavy (non-hydrogen) atoms. The predicted molar refractivity (Wildman–Crippen MR) is 168 cm³/mol. The summed E-state index contributed by atoms with van der Waals surface area (Å²) in [6, 6.07) is 48.5. The highest BCUT2D eigenvalue weighted by molar-refractivity contribution is 7.80. The predicted octanol–water partition coefficient (Wildman–Crippen LogP) is 7.58. The number of fused-ring (bicyclic) bond motifs is 2. The van der Waals surface area contributed by atoms with Crippen LogP contribution in [0.15, 0.2) is 138 Å². The molecular formula is C36H28NOP. The van der Waals surface area contributed by atoms with Crippen LogP contribution in [-0.2, 0) is 4.74 Å². The third kappa shape index (κ3) is 4.32. The van der Waals surface area contributed by atoms with Crippen LogP contribution in [0.2, 0.25) is 0 Å². The average Bonchev–Trinajstić information content (AvgIpc) is 3.44. The van der Waals surface area contributed by atoms with Gasteiger partial charge in [0, 0.05) is 11.1 Å². The van der Waals surface area contributed by atoms with Crippen LogP contribution in [0, 0.1) is 0 Å². The molecule has 0 N–H and O–H groups in total. The van der Waals surface area contributed by atoms with Crippen molar-refractivity contribution < 1.29 is 4.74 Å². The highest BCUT2D eigenvalue weighted by Gasteiger charge is 2.27. The van der Waals surface area contributed by atoms with Crippen LogP contribution in [0.25, 0.3) is 32.7 Å². The topological polar surface area (TPSA) is 21.6 Å². The van der Waals surface area contributed by atoms with E-state index in [9.17, 15) is 0 Å². The number of hydrogen-bond donors (Lipinski definition) is 0. The van der Waals surface area contributed by atoms with Crippen molar-refractivity contribution in [2.45, 2.75) is 13.0 Å². The molecule has 1 aliphatic heterocycles. The van der Waals surface area contributed by atoms with Crippen molar-refractivity contribution in [1.82, 2.24) is 0 Å². The van der Waals surface area contributed by atoms with Crippen molar-refractivity contribution in [2.24, 2.45) is 4.99 Å². The summed E-state index contributed by atoms with van der Waals surface area (Å²) in [5, 5.41) is 8.91. The van der Waals surface area contributed by atoms with Crippen molar-refractivity contribution in [2.75, 3.05) is 6.61 Å². The molecule has 0 aromatic heterocycles. The SMILES string of the molecule is C[C@@H]1COC(c2ccc3ccccc3c2-c2c(P(c3ccccc3)c3ccccc3)ccc3ccccc23)=N1. The van der Waals surface area contributed by atoms with E-state index < -0.39 is 7.92 Å². The fourth-order valence-corrected chi connectivity index (χ4v) is 8.11. The number of rotatable bonds is 5. The molecule has 0 bridgehead atoms. The lowest BCUT2D eigenvalue weighted by molar-refractivity contribution is 0.324. The molecule has 0 saturated heterocycles. The molecule has 1 aliphatic rings. The van der Waals surface area contributed by atoms with Gasteiger partial charge < -0.3 is 4.74 Å². The van der Waals surface area contributed by atoms with Gasteiger partial charge in [0.05, 0.1) is 6.04 Å². The first-order valence-electron chi connectivity index (χ1n) is 13.4. The van der Waals surface area contributed by atoms with Crippen LogP contribution in [0.3, 0.4) is 0 Å². The Morgan fingerprint density at radius 3 is 1.72 bits per heavy atom. The first-order chi connectivity index (χ1) is 19.3. The second-order valence-corrected chi connectivity index (χ2v) is 12.2. The monoisotopic (exact) mass is 521 g/mol. The number of benzene rings is 6. The Balaban J connectivity index is 1.63. The standard InChI is InChI=1S/C36H28NOP/c1-25-24-38-36(37-25)32-22-20-26-12-8-10-18-30(26)34(32)35-31-19-11-9-13-27(31)21-23-33(35)39(28-14-4-2-5-15-28)29-16-6-3-7-17-29/h2-23,25H,24H2,1H3/t25-/m1/s1. The minimum Gasteiger partial charge on any atom is -0.475 e. The molecule has 1 heterocycles. The molecule has 0 spiro atoms. The summed E-state index contributed by atoms with van der Waals surface area (Å²) in [6.45, 7) is 2.73. The van der Waals surface area contributed by atoms with E-state index in [1.54, 1.807) is 0 Å². The molecule has 7 rings (SSSR count). The minimum absolute atomic E-state index is 0.150. The van der Waals surface area contributed by atoms with Crippen molar-refractivity contribution >= 4 is 51.3 Å². The van der Waals surface area contributed by atoms with Gasteiger partial charge in [-0.3, -0.25) is 0 Å². The van der Waals surface area contributed by atoms with E-state index in [1.807, 2.05) is 0 Å². The third-order valence-electron chi connectivity index (χ3n) is 7.39. The van der Waals surface area contributed by atoms with Crippen LogP contribution < -0.4 is 15.9 Å². The van der Waals surface area contributed by atoms with Gasteiger partial charge >= 0.3 is 0 Å². The van der Waals surface area contributed by atoms with Gasteiger partial charge in [-0.15, -0.1) is 0 Å². The molecule has 0 unspecified atom stereocenters. The molecule has 6 aromatic rings. The molecule has 0 fully saturated rings. The maximum absolute atomic E-state index is 6.20. The van der Waals surface area contributed by atoms with Gasteiger partial charge in [0.1, 0.15) is 6.61 Å². The second kappa shape index (κ2) is 10.1. The fraction of sp³-hybridized carbons (Fsp3) is 0.0833. The minimum atomic E-state index is -0.833. The van der Waals surface area contributed by atoms with Crippen LogP contribution in [-0.4, -0.2) is 18.5 Å². The van der Waals surface area contributed by atoms with Crippen molar-refractivity contribution in [1.29, 1.82) is 0 Å². The van der Waals surface area contributed by atoms with Crippen molar-refractivity contribution in [3.63, 3.8) is 0 Å². The number of ether oxygens (including phenoxy) is 1. The summed E-state index contributed by atoms with van der Waals surface area (Å²) in [5.41, 5.74) is 3.53. The number of nitrogens with zero attached hydrogens (tertiary/aromatic N) is 1. The Labute approximate surface area is 230 Å². The zero-order valence-corrected chi connectivity index (χ0v) is 22.7. The van der Waals surface area contributed by atoms with Crippen molar-refractivity contribution in [3.8, 4) is 11.1 Å². The molecular weight excluding hydrogens is 493 g/mol. The summed E-state index contributed by atoms with van der Waals surface area (Å²) in [4.78, 5) is 4.92. The Bertz CT molecular complexity index is 1790. The third-order valence-corrected chi connectivity index (χ3v) is 9.87. The molecule has 0 radical (unpaired) electrons. The van der Waals surface area contributed by atoms with Gasteiger partial charge in [0.2, 0.25) is 5.90 Å². The van der Waals surface area contributed by atoms with Crippen LogP contribution >= 0.6 is 7.92 Å². The molecule has 0 aliphatic carbocycles. The Morgan fingerprint density at radius 2 is 1.13 bits per heavy atom. The maximum Gasteiger partial charge on any atom is 0.217 e. The second-order valence-electron chi connectivity index (χ2n) is 9.99. The van der Waals surface area contributed by atoms with Crippen LogP contribution in [0.1, 0.15) is 12.5 Å². The number of aliphatic imine (C=N–C) groups is 1. The van der Waals surface area contributed by atoms with Gasteiger partial charge in [-0.25, -0.2) is 4.99 Å². The first kappa shape index (κ1) is 23.8. The maximum atomic E-state index is 6.20. The lowest BCUT2D eigenvalue weighted by atomic mass is 9.90. The highest BCUT2D eigenvalue weighted by Crippen LogP contribution is 2.43. The lowest BCUT2D eigenvalue weighted by Crippen LogP contribution is -2.23. The van der Waals surface area contributed by atoms with E-state index in [0.717, 1.165) is 11.5 Å². The summed E-state index contributed by atoms with van der Waals surface area (Å²) in [7, 11) is -0.833. The van der Waals surface area contributed by atoms with Gasteiger partial charge in [-0.05, 0) is 63.9 Å². The largest absolute Gasteiger partial charge is 0.475 e. The van der Waals surface area contributed by atoms with E-state index >= 15 is 0 Å².